The molecule has 0 unspecified atom stereocenters. The molecule has 1 amide bonds. The number of fused-ring (bicyclic) bond motifs is 1. The normalized spacial score (nSPS) is 19.9. The zero-order valence-corrected chi connectivity index (χ0v) is 14.9. The zero-order valence-electron chi connectivity index (χ0n) is 14.9. The molecule has 4 heterocycles. The van der Waals surface area contributed by atoms with Crippen LogP contribution >= 0.6 is 0 Å². The molecule has 2 atom stereocenters. The first kappa shape index (κ1) is 16.7. The summed E-state index contributed by atoms with van der Waals surface area (Å²) in [6, 6.07) is 1.71. The summed E-state index contributed by atoms with van der Waals surface area (Å²) in [4.78, 5) is 25.7. The van der Waals surface area contributed by atoms with Crippen LogP contribution in [0.1, 0.15) is 35.6 Å². The van der Waals surface area contributed by atoms with E-state index in [0.717, 1.165) is 18.8 Å². The summed E-state index contributed by atoms with van der Waals surface area (Å²) in [6.07, 6.45) is 7.87. The molecule has 4 rings (SSSR count). The van der Waals surface area contributed by atoms with Gasteiger partial charge >= 0.3 is 0 Å². The number of hydrogen-bond acceptors (Lipinski definition) is 5. The summed E-state index contributed by atoms with van der Waals surface area (Å²) >= 11 is 0. The number of nitrogens with zero attached hydrogens (tertiary/aromatic N) is 5. The summed E-state index contributed by atoms with van der Waals surface area (Å²) in [7, 11) is 1.86. The van der Waals surface area contributed by atoms with Crippen LogP contribution in [0, 0.1) is 5.92 Å². The van der Waals surface area contributed by atoms with Crippen LogP contribution in [0.25, 0.3) is 11.2 Å². The van der Waals surface area contributed by atoms with Gasteiger partial charge in [-0.3, -0.25) is 4.79 Å². The Hall–Kier alpha value is -2.74. The van der Waals surface area contributed by atoms with Crippen molar-refractivity contribution in [1.82, 2.24) is 29.4 Å². The molecule has 3 aromatic rings. The van der Waals surface area contributed by atoms with E-state index >= 15 is 0 Å². The maximum absolute atomic E-state index is 12.7. The third kappa shape index (κ3) is 2.86. The minimum atomic E-state index is -0.138. The molecule has 1 fully saturated rings. The van der Waals surface area contributed by atoms with Gasteiger partial charge in [0, 0.05) is 51.3 Å². The number of carbonyl (C=O) groups is 1. The molecule has 0 bridgehead atoms. The van der Waals surface area contributed by atoms with Gasteiger partial charge in [0.25, 0.3) is 5.91 Å². The fraction of sp³-hybridized carbons (Fsp3) is 0.444. The molecule has 8 heteroatoms. The number of pyridine rings is 1. The fourth-order valence-electron chi connectivity index (χ4n) is 3.50. The molecule has 8 nitrogen and oxygen atoms in total. The minimum absolute atomic E-state index is 0.0856. The number of nitrogens with one attached hydrogen (secondary N) is 1. The monoisotopic (exact) mass is 354 g/mol. The van der Waals surface area contributed by atoms with E-state index in [-0.39, 0.29) is 17.9 Å². The maximum Gasteiger partial charge on any atom is 0.253 e. The number of rotatable bonds is 5. The summed E-state index contributed by atoms with van der Waals surface area (Å²) in [5.41, 5.74) is 1.86. The molecule has 26 heavy (non-hydrogen) atoms. The first-order valence-corrected chi connectivity index (χ1v) is 8.86. The van der Waals surface area contributed by atoms with Crippen LogP contribution in [0.15, 0.2) is 31.0 Å². The second-order valence-electron chi connectivity index (χ2n) is 6.51. The van der Waals surface area contributed by atoms with E-state index in [9.17, 15) is 4.79 Å². The Morgan fingerprint density at radius 3 is 3.08 bits per heavy atom. The molecule has 0 radical (unpaired) electrons. The number of aromatic nitrogens is 5. The summed E-state index contributed by atoms with van der Waals surface area (Å²) in [5.74, 6) is 0.994. The summed E-state index contributed by atoms with van der Waals surface area (Å²) < 4.78 is 9.80. The smallest absolute Gasteiger partial charge is 0.253 e. The van der Waals surface area contributed by atoms with Crippen molar-refractivity contribution in [1.29, 1.82) is 0 Å². The van der Waals surface area contributed by atoms with E-state index in [4.69, 9.17) is 4.74 Å². The van der Waals surface area contributed by atoms with E-state index in [1.165, 1.54) is 0 Å². The second-order valence-corrected chi connectivity index (χ2v) is 6.51. The number of hydrogen-bond donors (Lipinski definition) is 1. The van der Waals surface area contributed by atoms with Gasteiger partial charge in [0.05, 0.1) is 11.9 Å². The molecule has 0 saturated carbocycles. The Morgan fingerprint density at radius 1 is 1.35 bits per heavy atom. The van der Waals surface area contributed by atoms with Crippen molar-refractivity contribution in [3.05, 3.63) is 42.4 Å². The highest BCUT2D eigenvalue weighted by molar-refractivity contribution is 6.03. The summed E-state index contributed by atoms with van der Waals surface area (Å²) in [6.45, 7) is 4.15. The summed E-state index contributed by atoms with van der Waals surface area (Å²) in [5, 5.41) is 3.04. The Kier molecular flexibility index (Phi) is 4.42. The lowest BCUT2D eigenvalue weighted by molar-refractivity contribution is 0.0774. The third-order valence-electron chi connectivity index (χ3n) is 4.93. The first-order valence-electron chi connectivity index (χ1n) is 8.86. The molecule has 0 aromatic carbocycles. The van der Waals surface area contributed by atoms with Crippen LogP contribution in [-0.4, -0.2) is 43.1 Å². The van der Waals surface area contributed by atoms with Crippen LogP contribution in [0.5, 0.6) is 0 Å². The van der Waals surface area contributed by atoms with Gasteiger partial charge in [0.2, 0.25) is 0 Å². The lowest BCUT2D eigenvalue weighted by Crippen LogP contribution is -2.31. The van der Waals surface area contributed by atoms with Crippen molar-refractivity contribution in [3.8, 4) is 0 Å². The molecule has 136 valence electrons. The van der Waals surface area contributed by atoms with Crippen LogP contribution in [0.2, 0.25) is 0 Å². The van der Waals surface area contributed by atoms with Crippen molar-refractivity contribution in [2.24, 2.45) is 13.0 Å². The van der Waals surface area contributed by atoms with Gasteiger partial charge in [-0.15, -0.1) is 0 Å². The van der Waals surface area contributed by atoms with Gasteiger partial charge < -0.3 is 19.2 Å². The molecule has 1 aliphatic heterocycles. The SMILES string of the molecule is CCn1ccnc1[C@@H]1OCC[C@H]1CNC(=O)c1ccnc2c1ncn2C. The van der Waals surface area contributed by atoms with Gasteiger partial charge in [-0.25, -0.2) is 15.0 Å². The molecule has 0 aliphatic carbocycles. The molecular formula is C18H22N6O2. The Labute approximate surface area is 151 Å². The van der Waals surface area contributed by atoms with E-state index in [2.05, 4.69) is 31.8 Å². The predicted molar refractivity (Wildman–Crippen MR) is 95.5 cm³/mol. The van der Waals surface area contributed by atoms with E-state index in [1.54, 1.807) is 29.4 Å². The van der Waals surface area contributed by atoms with Crippen molar-refractivity contribution in [3.63, 3.8) is 0 Å². The van der Waals surface area contributed by atoms with Crippen molar-refractivity contribution in [2.75, 3.05) is 13.2 Å². The molecule has 0 spiro atoms. The van der Waals surface area contributed by atoms with E-state index < -0.39 is 0 Å². The highest BCUT2D eigenvalue weighted by Gasteiger charge is 2.33. The number of imidazole rings is 2. The second kappa shape index (κ2) is 6.87. The lowest BCUT2D eigenvalue weighted by atomic mass is 10.0. The fourth-order valence-corrected chi connectivity index (χ4v) is 3.50. The van der Waals surface area contributed by atoms with Crippen molar-refractivity contribution < 1.29 is 9.53 Å². The molecule has 1 aliphatic rings. The number of aryl methyl sites for hydroxylation is 2. The molecule has 1 saturated heterocycles. The maximum atomic E-state index is 12.7. The van der Waals surface area contributed by atoms with Crippen LogP contribution < -0.4 is 5.32 Å². The first-order chi connectivity index (χ1) is 12.7. The average molecular weight is 354 g/mol. The topological polar surface area (TPSA) is 86.9 Å². The number of amides is 1. The predicted octanol–water partition coefficient (Wildman–Crippen LogP) is 1.69. The van der Waals surface area contributed by atoms with Gasteiger partial charge in [0.15, 0.2) is 5.65 Å². The number of carbonyl (C=O) groups excluding carboxylic acids is 1. The van der Waals surface area contributed by atoms with E-state index in [1.807, 2.05) is 13.2 Å². The van der Waals surface area contributed by atoms with Gasteiger partial charge in [-0.1, -0.05) is 0 Å². The average Bonchev–Trinajstić information content (AvgIpc) is 3.38. The zero-order chi connectivity index (χ0) is 18.1. The standard InChI is InChI=1S/C18H22N6O2/c1-3-24-8-7-20-17(24)15-12(5-9-26-15)10-21-18(25)13-4-6-19-16-14(13)22-11-23(16)2/h4,6-8,11-12,15H,3,5,9-10H2,1-2H3,(H,21,25)/t12-,15+/m0/s1. The number of ether oxygens (including phenoxy) is 1. The van der Waals surface area contributed by atoms with Crippen LogP contribution in [-0.2, 0) is 18.3 Å². The van der Waals surface area contributed by atoms with Gasteiger partial charge in [-0.2, -0.15) is 0 Å². The van der Waals surface area contributed by atoms with Gasteiger partial charge in [-0.05, 0) is 19.4 Å². The largest absolute Gasteiger partial charge is 0.370 e. The van der Waals surface area contributed by atoms with Crippen LogP contribution in [0.3, 0.4) is 0 Å². The minimum Gasteiger partial charge on any atom is -0.370 e. The highest BCUT2D eigenvalue weighted by atomic mass is 16.5. The van der Waals surface area contributed by atoms with Gasteiger partial charge in [0.1, 0.15) is 17.4 Å². The van der Waals surface area contributed by atoms with Crippen molar-refractivity contribution in [2.45, 2.75) is 26.0 Å². The Bertz CT molecular complexity index is 931. The Morgan fingerprint density at radius 2 is 2.23 bits per heavy atom. The quantitative estimate of drug-likeness (QED) is 0.753. The third-order valence-corrected chi connectivity index (χ3v) is 4.93. The molecule has 1 N–H and O–H groups in total. The lowest BCUT2D eigenvalue weighted by Gasteiger charge is -2.19. The molecular weight excluding hydrogens is 332 g/mol. The highest BCUT2D eigenvalue weighted by Crippen LogP contribution is 2.33. The van der Waals surface area contributed by atoms with Crippen LogP contribution in [0.4, 0.5) is 0 Å². The van der Waals surface area contributed by atoms with E-state index in [0.29, 0.717) is 29.9 Å². The van der Waals surface area contributed by atoms with Crippen molar-refractivity contribution >= 4 is 17.1 Å². The molecule has 3 aromatic heterocycles. The Balaban J connectivity index is 1.48.